The Kier molecular flexibility index (Phi) is 4.55. The number of alkyl halides is 3. The number of halogens is 3. The minimum atomic E-state index is -4.20. The molecule has 0 heterocycles. The van der Waals surface area contributed by atoms with Gasteiger partial charge in [-0.05, 0) is 13.8 Å². The lowest BCUT2D eigenvalue weighted by molar-refractivity contribution is -0.163. The molecule has 0 saturated heterocycles. The summed E-state index contributed by atoms with van der Waals surface area (Å²) in [4.78, 5) is 0. The van der Waals surface area contributed by atoms with Gasteiger partial charge in [-0.2, -0.15) is 13.2 Å². The summed E-state index contributed by atoms with van der Waals surface area (Å²) in [5.41, 5.74) is 5.10. The summed E-state index contributed by atoms with van der Waals surface area (Å²) in [5, 5.41) is 0. The molecule has 1 atom stereocenters. The van der Waals surface area contributed by atoms with Crippen LogP contribution in [0.5, 0.6) is 0 Å². The Morgan fingerprint density at radius 3 is 2.08 bits per heavy atom. The van der Waals surface area contributed by atoms with E-state index in [9.17, 15) is 13.2 Å². The van der Waals surface area contributed by atoms with Crippen LogP contribution in [0.25, 0.3) is 0 Å². The maximum atomic E-state index is 11.8. The van der Waals surface area contributed by atoms with Crippen LogP contribution in [-0.4, -0.2) is 24.9 Å². The molecule has 0 bridgehead atoms. The average molecular weight is 185 g/mol. The van der Waals surface area contributed by atoms with Crippen LogP contribution in [-0.2, 0) is 4.74 Å². The summed E-state index contributed by atoms with van der Waals surface area (Å²) in [6.45, 7) is 3.26. The van der Waals surface area contributed by atoms with E-state index in [-0.39, 0.29) is 12.6 Å². The Morgan fingerprint density at radius 2 is 1.83 bits per heavy atom. The molecule has 2 nitrogen and oxygen atoms in total. The second kappa shape index (κ2) is 4.67. The van der Waals surface area contributed by atoms with Gasteiger partial charge in [0, 0.05) is 6.54 Å². The van der Waals surface area contributed by atoms with E-state index in [0.29, 0.717) is 0 Å². The number of ether oxygens (including phenoxy) is 1. The van der Waals surface area contributed by atoms with Crippen molar-refractivity contribution in [2.75, 3.05) is 6.54 Å². The first-order valence-electron chi connectivity index (χ1n) is 3.77. The third-order valence-corrected chi connectivity index (χ3v) is 1.19. The number of nitrogens with two attached hydrogens (primary N) is 1. The van der Waals surface area contributed by atoms with E-state index < -0.39 is 18.7 Å². The maximum absolute atomic E-state index is 11.8. The highest BCUT2D eigenvalue weighted by Gasteiger charge is 2.32. The molecule has 0 saturated carbocycles. The molecule has 0 aliphatic carbocycles. The third kappa shape index (κ3) is 6.42. The fourth-order valence-corrected chi connectivity index (χ4v) is 0.830. The van der Waals surface area contributed by atoms with E-state index >= 15 is 0 Å². The monoisotopic (exact) mass is 185 g/mol. The minimum Gasteiger partial charge on any atom is -0.374 e. The summed E-state index contributed by atoms with van der Waals surface area (Å²) in [6.07, 6.45) is -6.30. The molecule has 0 aromatic rings. The predicted molar refractivity (Wildman–Crippen MR) is 39.7 cm³/mol. The van der Waals surface area contributed by atoms with Crippen molar-refractivity contribution in [2.24, 2.45) is 5.73 Å². The molecule has 74 valence electrons. The van der Waals surface area contributed by atoms with Crippen LogP contribution in [0.4, 0.5) is 13.2 Å². The molecule has 0 aliphatic heterocycles. The lowest BCUT2D eigenvalue weighted by Gasteiger charge is -2.19. The fourth-order valence-electron chi connectivity index (χ4n) is 0.830. The van der Waals surface area contributed by atoms with Crippen LogP contribution >= 0.6 is 0 Å². The standard InChI is InChI=1S/C7H14F3NO/c1-5(2)12-6(4-11)3-7(8,9)10/h5-6H,3-4,11H2,1-2H3. The summed E-state index contributed by atoms with van der Waals surface area (Å²) < 4.78 is 40.4. The van der Waals surface area contributed by atoms with Crippen LogP contribution in [0.2, 0.25) is 0 Å². The fraction of sp³-hybridized carbons (Fsp3) is 1.00. The maximum Gasteiger partial charge on any atom is 0.391 e. The highest BCUT2D eigenvalue weighted by molar-refractivity contribution is 4.65. The first kappa shape index (κ1) is 11.7. The Hall–Kier alpha value is -0.290. The van der Waals surface area contributed by atoms with Gasteiger partial charge in [0.2, 0.25) is 0 Å². The van der Waals surface area contributed by atoms with Gasteiger partial charge in [-0.1, -0.05) is 0 Å². The zero-order valence-electron chi connectivity index (χ0n) is 7.19. The molecule has 2 N–H and O–H groups in total. The van der Waals surface area contributed by atoms with Gasteiger partial charge in [-0.15, -0.1) is 0 Å². The largest absolute Gasteiger partial charge is 0.391 e. The molecular formula is C7H14F3NO. The van der Waals surface area contributed by atoms with Crippen LogP contribution in [0.15, 0.2) is 0 Å². The van der Waals surface area contributed by atoms with Gasteiger partial charge in [0.15, 0.2) is 0 Å². The zero-order chi connectivity index (χ0) is 9.78. The average Bonchev–Trinajstić information content (AvgIpc) is 1.82. The number of rotatable bonds is 4. The van der Waals surface area contributed by atoms with Crippen LogP contribution < -0.4 is 5.73 Å². The van der Waals surface area contributed by atoms with Gasteiger partial charge in [-0.25, -0.2) is 0 Å². The second-order valence-corrected chi connectivity index (χ2v) is 2.86. The SMILES string of the molecule is CC(C)OC(CN)CC(F)(F)F. The molecule has 1 unspecified atom stereocenters. The third-order valence-electron chi connectivity index (χ3n) is 1.19. The van der Waals surface area contributed by atoms with E-state index in [1.165, 1.54) is 0 Å². The van der Waals surface area contributed by atoms with Crippen molar-refractivity contribution in [1.82, 2.24) is 0 Å². The lowest BCUT2D eigenvalue weighted by atomic mass is 10.2. The van der Waals surface area contributed by atoms with Crippen molar-refractivity contribution in [3.63, 3.8) is 0 Å². The van der Waals surface area contributed by atoms with Crippen molar-refractivity contribution in [1.29, 1.82) is 0 Å². The van der Waals surface area contributed by atoms with E-state index in [1.807, 2.05) is 0 Å². The smallest absolute Gasteiger partial charge is 0.374 e. The van der Waals surface area contributed by atoms with Gasteiger partial charge in [-0.3, -0.25) is 0 Å². The molecule has 0 spiro atoms. The van der Waals surface area contributed by atoms with Crippen LogP contribution in [0, 0.1) is 0 Å². The molecule has 5 heteroatoms. The molecule has 0 radical (unpaired) electrons. The zero-order valence-corrected chi connectivity index (χ0v) is 7.19. The van der Waals surface area contributed by atoms with Gasteiger partial charge < -0.3 is 10.5 Å². The molecular weight excluding hydrogens is 171 g/mol. The molecule has 0 aliphatic rings. The summed E-state index contributed by atoms with van der Waals surface area (Å²) in [5.74, 6) is 0. The highest BCUT2D eigenvalue weighted by atomic mass is 19.4. The van der Waals surface area contributed by atoms with E-state index in [0.717, 1.165) is 0 Å². The van der Waals surface area contributed by atoms with Crippen LogP contribution in [0.1, 0.15) is 20.3 Å². The molecule has 0 aromatic carbocycles. The van der Waals surface area contributed by atoms with E-state index in [2.05, 4.69) is 0 Å². The second-order valence-electron chi connectivity index (χ2n) is 2.86. The quantitative estimate of drug-likeness (QED) is 0.723. The van der Waals surface area contributed by atoms with Crippen molar-refractivity contribution in [2.45, 2.75) is 38.7 Å². The van der Waals surface area contributed by atoms with Crippen LogP contribution in [0.3, 0.4) is 0 Å². The predicted octanol–water partition coefficient (Wildman–Crippen LogP) is 1.69. The molecule has 0 amide bonds. The summed E-state index contributed by atoms with van der Waals surface area (Å²) in [6, 6.07) is 0. The topological polar surface area (TPSA) is 35.2 Å². The summed E-state index contributed by atoms with van der Waals surface area (Å²) >= 11 is 0. The van der Waals surface area contributed by atoms with E-state index in [4.69, 9.17) is 10.5 Å². The molecule has 0 rings (SSSR count). The Labute approximate surface area is 69.9 Å². The van der Waals surface area contributed by atoms with Gasteiger partial charge in [0.1, 0.15) is 0 Å². The first-order valence-corrected chi connectivity index (χ1v) is 3.77. The first-order chi connectivity index (χ1) is 5.35. The Balaban J connectivity index is 3.83. The van der Waals surface area contributed by atoms with Crippen molar-refractivity contribution < 1.29 is 17.9 Å². The molecule has 12 heavy (non-hydrogen) atoms. The van der Waals surface area contributed by atoms with Crippen molar-refractivity contribution in [3.05, 3.63) is 0 Å². The van der Waals surface area contributed by atoms with Gasteiger partial charge in [0.25, 0.3) is 0 Å². The van der Waals surface area contributed by atoms with Crippen molar-refractivity contribution >= 4 is 0 Å². The minimum absolute atomic E-state index is 0.0995. The lowest BCUT2D eigenvalue weighted by Crippen LogP contribution is -2.31. The Morgan fingerprint density at radius 1 is 1.33 bits per heavy atom. The molecule has 0 aromatic heterocycles. The van der Waals surface area contributed by atoms with Gasteiger partial charge >= 0.3 is 6.18 Å². The van der Waals surface area contributed by atoms with Crippen molar-refractivity contribution in [3.8, 4) is 0 Å². The highest BCUT2D eigenvalue weighted by Crippen LogP contribution is 2.22. The molecule has 0 fully saturated rings. The number of hydrogen-bond donors (Lipinski definition) is 1. The Bertz CT molecular complexity index is 124. The van der Waals surface area contributed by atoms with Gasteiger partial charge in [0.05, 0.1) is 18.6 Å². The summed E-state index contributed by atoms with van der Waals surface area (Å²) in [7, 11) is 0. The van der Waals surface area contributed by atoms with E-state index in [1.54, 1.807) is 13.8 Å². The number of hydrogen-bond acceptors (Lipinski definition) is 2. The normalized spacial score (nSPS) is 15.2.